The molecule has 0 aliphatic rings. The van der Waals surface area contributed by atoms with Crippen LogP contribution in [0.1, 0.15) is 11.6 Å². The van der Waals surface area contributed by atoms with Gasteiger partial charge in [-0.15, -0.1) is 12.4 Å². The number of methoxy groups -OCH3 is 1. The normalized spacial score (nSPS) is 11.4. The highest BCUT2D eigenvalue weighted by molar-refractivity contribution is 5.85. The lowest BCUT2D eigenvalue weighted by Gasteiger charge is -2.08. The molecule has 0 saturated heterocycles. The maximum absolute atomic E-state index is 13.2. The summed E-state index contributed by atoms with van der Waals surface area (Å²) in [6, 6.07) is 2.51. The maximum atomic E-state index is 13.2. The fraction of sp³-hybridized carbons (Fsp3) is 0.222. The zero-order valence-corrected chi connectivity index (χ0v) is 8.75. The molecular formula is C9H11ClFNO3. The summed E-state index contributed by atoms with van der Waals surface area (Å²) in [5.74, 6) is -1.63. The summed E-state index contributed by atoms with van der Waals surface area (Å²) in [7, 11) is 1.39. The lowest BCUT2D eigenvalue weighted by atomic mass is 10.1. The number of ether oxygens (including phenoxy) is 1. The van der Waals surface area contributed by atoms with Gasteiger partial charge in [-0.05, 0) is 6.07 Å². The van der Waals surface area contributed by atoms with Crippen LogP contribution < -0.4 is 10.5 Å². The highest BCUT2D eigenvalue weighted by Crippen LogP contribution is 2.20. The molecule has 0 aliphatic carbocycles. The van der Waals surface area contributed by atoms with Crippen molar-refractivity contribution in [2.45, 2.75) is 6.04 Å². The van der Waals surface area contributed by atoms with E-state index < -0.39 is 17.8 Å². The molecule has 1 rings (SSSR count). The van der Waals surface area contributed by atoms with Crippen molar-refractivity contribution in [2.24, 2.45) is 5.73 Å². The Morgan fingerprint density at radius 3 is 2.60 bits per heavy atom. The number of rotatable bonds is 3. The summed E-state index contributed by atoms with van der Waals surface area (Å²) in [5.41, 5.74) is 5.19. The first kappa shape index (κ1) is 13.7. The van der Waals surface area contributed by atoms with Crippen molar-refractivity contribution in [2.75, 3.05) is 7.11 Å². The molecule has 0 saturated carbocycles. The van der Waals surface area contributed by atoms with Gasteiger partial charge >= 0.3 is 5.97 Å². The minimum atomic E-state index is -1.35. The molecule has 1 unspecified atom stereocenters. The number of carbonyl (C=O) groups is 1. The number of carboxylic acid groups (broad SMARTS) is 1. The third-order valence-electron chi connectivity index (χ3n) is 1.81. The van der Waals surface area contributed by atoms with Gasteiger partial charge in [0.25, 0.3) is 0 Å². The molecule has 0 aromatic heterocycles. The minimum absolute atomic E-state index is 0. The zero-order valence-electron chi connectivity index (χ0n) is 7.94. The van der Waals surface area contributed by atoms with Crippen LogP contribution >= 0.6 is 12.4 Å². The number of nitrogens with two attached hydrogens (primary N) is 1. The monoisotopic (exact) mass is 235 g/mol. The van der Waals surface area contributed by atoms with Gasteiger partial charge in [-0.2, -0.15) is 0 Å². The summed E-state index contributed by atoms with van der Waals surface area (Å²) in [6.45, 7) is 0. The second kappa shape index (κ2) is 5.53. The number of aliphatic carboxylic acids is 1. The molecule has 84 valence electrons. The molecule has 1 aromatic rings. The van der Waals surface area contributed by atoms with Crippen molar-refractivity contribution >= 4 is 18.4 Å². The number of hydrogen-bond donors (Lipinski definition) is 2. The quantitative estimate of drug-likeness (QED) is 0.829. The molecule has 0 radical (unpaired) electrons. The van der Waals surface area contributed by atoms with Crippen molar-refractivity contribution in [3.05, 3.63) is 29.6 Å². The Hall–Kier alpha value is -1.33. The number of halogens is 2. The van der Waals surface area contributed by atoms with Gasteiger partial charge in [0.05, 0.1) is 7.11 Å². The Balaban J connectivity index is 0.00000196. The second-order valence-electron chi connectivity index (χ2n) is 2.70. The van der Waals surface area contributed by atoms with E-state index in [-0.39, 0.29) is 18.0 Å². The van der Waals surface area contributed by atoms with Crippen LogP contribution in [0.4, 0.5) is 4.39 Å². The first-order valence-electron chi connectivity index (χ1n) is 3.88. The molecule has 0 aliphatic heterocycles. The van der Waals surface area contributed by atoms with Gasteiger partial charge in [0.1, 0.15) is 17.6 Å². The highest BCUT2D eigenvalue weighted by atomic mass is 35.5. The van der Waals surface area contributed by atoms with Crippen molar-refractivity contribution in [3.63, 3.8) is 0 Å². The molecule has 0 fully saturated rings. The smallest absolute Gasteiger partial charge is 0.325 e. The van der Waals surface area contributed by atoms with Crippen LogP contribution in [0, 0.1) is 5.82 Å². The van der Waals surface area contributed by atoms with E-state index in [1.165, 1.54) is 19.2 Å². The molecule has 0 amide bonds. The van der Waals surface area contributed by atoms with Crippen LogP contribution in [0.25, 0.3) is 0 Å². The molecule has 4 nitrogen and oxygen atoms in total. The summed E-state index contributed by atoms with van der Waals surface area (Å²) in [6.07, 6.45) is 0. The van der Waals surface area contributed by atoms with Crippen LogP contribution in [-0.2, 0) is 4.79 Å². The van der Waals surface area contributed by atoms with E-state index in [2.05, 4.69) is 0 Å². The van der Waals surface area contributed by atoms with Crippen LogP contribution in [0.15, 0.2) is 18.2 Å². The highest BCUT2D eigenvalue weighted by Gasteiger charge is 2.18. The molecule has 0 spiro atoms. The molecule has 15 heavy (non-hydrogen) atoms. The lowest BCUT2D eigenvalue weighted by molar-refractivity contribution is -0.138. The summed E-state index contributed by atoms with van der Waals surface area (Å²) in [5, 5.41) is 8.56. The van der Waals surface area contributed by atoms with Crippen molar-refractivity contribution in [1.29, 1.82) is 0 Å². The third-order valence-corrected chi connectivity index (χ3v) is 1.81. The maximum Gasteiger partial charge on any atom is 0.325 e. The van der Waals surface area contributed by atoms with Crippen molar-refractivity contribution < 1.29 is 19.0 Å². The van der Waals surface area contributed by atoms with Gasteiger partial charge in [-0.1, -0.05) is 6.07 Å². The van der Waals surface area contributed by atoms with Crippen LogP contribution in [0.2, 0.25) is 0 Å². The van der Waals surface area contributed by atoms with E-state index in [0.717, 1.165) is 6.07 Å². The zero-order chi connectivity index (χ0) is 10.7. The number of carboxylic acids is 1. The van der Waals surface area contributed by atoms with E-state index >= 15 is 0 Å². The number of hydrogen-bond acceptors (Lipinski definition) is 3. The first-order chi connectivity index (χ1) is 6.56. The van der Waals surface area contributed by atoms with E-state index in [9.17, 15) is 9.18 Å². The van der Waals surface area contributed by atoms with Gasteiger partial charge in [0.2, 0.25) is 0 Å². The van der Waals surface area contributed by atoms with Gasteiger partial charge in [-0.3, -0.25) is 4.79 Å². The lowest BCUT2D eigenvalue weighted by Crippen LogP contribution is -2.21. The van der Waals surface area contributed by atoms with Crippen LogP contribution in [0.5, 0.6) is 5.75 Å². The van der Waals surface area contributed by atoms with Gasteiger partial charge in [0, 0.05) is 11.6 Å². The predicted octanol–water partition coefficient (Wildman–Crippen LogP) is 1.34. The standard InChI is InChI=1S/C9H10FNO3.ClH/c1-14-5-2-3-6(7(10)4-5)8(11)9(12)13;/h2-4,8H,11H2,1H3,(H,12,13);1H. The second-order valence-corrected chi connectivity index (χ2v) is 2.70. The molecule has 1 atom stereocenters. The molecule has 0 heterocycles. The molecule has 1 aromatic carbocycles. The fourth-order valence-corrected chi connectivity index (χ4v) is 1.02. The van der Waals surface area contributed by atoms with Crippen molar-refractivity contribution in [1.82, 2.24) is 0 Å². The summed E-state index contributed by atoms with van der Waals surface area (Å²) in [4.78, 5) is 10.5. The van der Waals surface area contributed by atoms with Crippen molar-refractivity contribution in [3.8, 4) is 5.75 Å². The molecule has 0 bridgehead atoms. The predicted molar refractivity (Wildman–Crippen MR) is 54.8 cm³/mol. The van der Waals surface area contributed by atoms with E-state index in [4.69, 9.17) is 15.6 Å². The molecule has 3 N–H and O–H groups in total. The Labute approximate surface area is 92.3 Å². The first-order valence-corrected chi connectivity index (χ1v) is 3.88. The summed E-state index contributed by atoms with van der Waals surface area (Å²) >= 11 is 0. The van der Waals surface area contributed by atoms with E-state index in [0.29, 0.717) is 5.75 Å². The average molecular weight is 236 g/mol. The van der Waals surface area contributed by atoms with Gasteiger partial charge < -0.3 is 15.6 Å². The Bertz CT molecular complexity index is 359. The number of benzene rings is 1. The molecule has 6 heteroatoms. The van der Waals surface area contributed by atoms with Crippen LogP contribution in [0.3, 0.4) is 0 Å². The van der Waals surface area contributed by atoms with E-state index in [1.54, 1.807) is 0 Å². The fourth-order valence-electron chi connectivity index (χ4n) is 1.02. The van der Waals surface area contributed by atoms with Crippen LogP contribution in [-0.4, -0.2) is 18.2 Å². The largest absolute Gasteiger partial charge is 0.497 e. The topological polar surface area (TPSA) is 72.5 Å². The Morgan fingerprint density at radius 1 is 1.60 bits per heavy atom. The Kier molecular flexibility index (Phi) is 5.04. The van der Waals surface area contributed by atoms with Gasteiger partial charge in [-0.25, -0.2) is 4.39 Å². The SMILES string of the molecule is COc1ccc(C(N)C(=O)O)c(F)c1.Cl. The van der Waals surface area contributed by atoms with Gasteiger partial charge in [0.15, 0.2) is 0 Å². The summed E-state index contributed by atoms with van der Waals surface area (Å²) < 4.78 is 18.0. The average Bonchev–Trinajstić information content (AvgIpc) is 2.16. The third kappa shape index (κ3) is 3.07. The van der Waals surface area contributed by atoms with E-state index in [1.807, 2.05) is 0 Å². The molecular weight excluding hydrogens is 225 g/mol. The minimum Gasteiger partial charge on any atom is -0.497 e. The Morgan fingerprint density at radius 2 is 2.20 bits per heavy atom.